The molecule has 0 aromatic carbocycles. The summed E-state index contributed by atoms with van der Waals surface area (Å²) in [5.74, 6) is -2.47. The van der Waals surface area contributed by atoms with Crippen LogP contribution in [0.5, 0.6) is 0 Å². The van der Waals surface area contributed by atoms with Gasteiger partial charge in [0.05, 0.1) is 0 Å². The van der Waals surface area contributed by atoms with E-state index in [-0.39, 0.29) is 62.5 Å². The minimum absolute atomic E-state index is 0.0313. The van der Waals surface area contributed by atoms with Crippen molar-refractivity contribution in [1.29, 1.82) is 0 Å². The van der Waals surface area contributed by atoms with Crippen LogP contribution in [0.25, 0.3) is 0 Å². The molecular weight excluding hydrogens is 1060 g/mol. The smallest absolute Gasteiger partial charge is 0.259 e. The van der Waals surface area contributed by atoms with Gasteiger partial charge in [0.2, 0.25) is 11.8 Å². The predicted molar refractivity (Wildman–Crippen MR) is 299 cm³/mol. The largest absolute Gasteiger partial charge is 0.342 e. The average molecular weight is 1150 g/mol. The number of sulfone groups is 2. The molecule has 4 amide bonds. The van der Waals surface area contributed by atoms with Crippen molar-refractivity contribution >= 4 is 111 Å². The summed E-state index contributed by atoms with van der Waals surface area (Å²) in [5.41, 5.74) is 5.27. The van der Waals surface area contributed by atoms with Crippen LogP contribution in [0.3, 0.4) is 0 Å². The molecule has 0 radical (unpaired) electrons. The number of alkyl halides is 4. The van der Waals surface area contributed by atoms with E-state index in [4.69, 9.17) is 46.4 Å². The lowest BCUT2D eigenvalue weighted by Crippen LogP contribution is -2.59. The Kier molecular flexibility index (Phi) is 44.5. The summed E-state index contributed by atoms with van der Waals surface area (Å²) in [6.07, 6.45) is 30.7. The number of nitrogens with zero attached hydrogens (tertiary/aromatic N) is 2. The van der Waals surface area contributed by atoms with Crippen LogP contribution in [0.15, 0.2) is 0 Å². The maximum absolute atomic E-state index is 14.0. The second-order valence-electron chi connectivity index (χ2n) is 18.3. The number of unbranched alkanes of at least 4 members (excludes halogenated alkanes) is 24. The highest BCUT2D eigenvalue weighted by Gasteiger charge is 2.43. The van der Waals surface area contributed by atoms with Crippen LogP contribution in [0.1, 0.15) is 194 Å². The number of carbonyl (C=O) groups is 4. The van der Waals surface area contributed by atoms with Gasteiger partial charge < -0.3 is 10.6 Å². The lowest BCUT2D eigenvalue weighted by Gasteiger charge is -2.31. The highest BCUT2D eigenvalue weighted by molar-refractivity contribution is 8.79. The number of amides is 4. The van der Waals surface area contributed by atoms with Gasteiger partial charge in [-0.05, 0) is 12.8 Å². The van der Waals surface area contributed by atoms with Gasteiger partial charge in [0.1, 0.15) is 21.2 Å². The Bertz CT molecular complexity index is 1470. The van der Waals surface area contributed by atoms with Crippen molar-refractivity contribution in [2.24, 2.45) is 0 Å². The van der Waals surface area contributed by atoms with E-state index in [9.17, 15) is 36.0 Å². The first-order valence-electron chi connectivity index (χ1n) is 26.1. The molecule has 14 nitrogen and oxygen atoms in total. The predicted octanol–water partition coefficient (Wildman–Crippen LogP) is 10.7. The summed E-state index contributed by atoms with van der Waals surface area (Å²) in [6.45, 7) is 5.05. The Hall–Kier alpha value is -0.440. The molecule has 414 valence electrons. The van der Waals surface area contributed by atoms with Crippen molar-refractivity contribution in [2.45, 2.75) is 215 Å². The van der Waals surface area contributed by atoms with E-state index in [1.807, 2.05) is 0 Å². The summed E-state index contributed by atoms with van der Waals surface area (Å²) in [6, 6.07) is -3.42. The quantitative estimate of drug-likeness (QED) is 0.0195. The summed E-state index contributed by atoms with van der Waals surface area (Å²) in [5, 5.41) is 8.07. The SMILES string of the molecule is CCCCCCCCCCCCCCCC(=O)NC(C(=O)NN(CCCl)CCCl)C(SSC(C(NC(=O)CCCCCCCCCCCCCCC)C(=O)NN(CCCl)CCCl)S(C)(=O)=O)S(C)(=O)=O. The number of nitrogens with one attached hydrogen (secondary N) is 4. The van der Waals surface area contributed by atoms with E-state index < -0.39 is 64.6 Å². The number of rotatable bonds is 49. The molecule has 0 rings (SSSR count). The molecule has 4 N–H and O–H groups in total. The Labute approximate surface area is 452 Å². The van der Waals surface area contributed by atoms with Gasteiger partial charge in [0.25, 0.3) is 11.8 Å². The van der Waals surface area contributed by atoms with Gasteiger partial charge in [-0.2, -0.15) is 0 Å². The Morgan fingerprint density at radius 1 is 0.414 bits per heavy atom. The maximum Gasteiger partial charge on any atom is 0.259 e. The van der Waals surface area contributed by atoms with E-state index >= 15 is 0 Å². The molecule has 70 heavy (non-hydrogen) atoms. The monoisotopic (exact) mass is 1150 g/mol. The van der Waals surface area contributed by atoms with Crippen molar-refractivity contribution in [2.75, 3.05) is 62.2 Å². The Balaban J connectivity index is 6.17. The Morgan fingerprint density at radius 3 is 0.857 bits per heavy atom. The lowest BCUT2D eigenvalue weighted by atomic mass is 10.0. The standard InChI is InChI=1S/C48H92Cl4N6O8S4/c1-5-7-9-11-13-15-17-19-21-23-25-27-29-31-41(59)53-43(45(61)55-57(37-33-49)38-34-50)47(69(3,63)64)67-68-48(70(4,65)66)44(46(62)56-58(39-35-51)40-36-52)54-42(60)32-30-28-26-24-22-20-18-16-14-12-10-8-6-2/h43-44,47-48H,5-40H2,1-4H3,(H,53,59)(H,54,60)(H,55,61)(H,56,62). The van der Waals surface area contributed by atoms with E-state index in [2.05, 4.69) is 35.3 Å². The van der Waals surface area contributed by atoms with Crippen LogP contribution in [-0.2, 0) is 38.9 Å². The van der Waals surface area contributed by atoms with Crippen LogP contribution < -0.4 is 21.5 Å². The van der Waals surface area contributed by atoms with Gasteiger partial charge in [0.15, 0.2) is 19.7 Å². The van der Waals surface area contributed by atoms with Crippen molar-refractivity contribution in [1.82, 2.24) is 31.5 Å². The molecule has 0 aliphatic carbocycles. The van der Waals surface area contributed by atoms with Crippen molar-refractivity contribution in [3.05, 3.63) is 0 Å². The molecule has 0 aromatic rings. The van der Waals surface area contributed by atoms with Crippen LogP contribution >= 0.6 is 68.0 Å². The molecule has 0 bridgehead atoms. The summed E-state index contributed by atoms with van der Waals surface area (Å²) < 4.78 is 51.2. The summed E-state index contributed by atoms with van der Waals surface area (Å²) in [7, 11) is -7.51. The van der Waals surface area contributed by atoms with Gasteiger partial charge >= 0.3 is 0 Å². The molecule has 0 fully saturated rings. The van der Waals surface area contributed by atoms with Crippen molar-refractivity contribution < 1.29 is 36.0 Å². The van der Waals surface area contributed by atoms with Crippen LogP contribution in [0, 0.1) is 0 Å². The third-order valence-electron chi connectivity index (χ3n) is 11.8. The number of hydrazine groups is 2. The topological polar surface area (TPSA) is 191 Å². The van der Waals surface area contributed by atoms with E-state index in [1.165, 1.54) is 113 Å². The van der Waals surface area contributed by atoms with Gasteiger partial charge in [-0.3, -0.25) is 30.0 Å². The van der Waals surface area contributed by atoms with Gasteiger partial charge in [-0.25, -0.2) is 26.9 Å². The first-order valence-corrected chi connectivity index (χ1v) is 34.5. The number of hydrogen-bond donors (Lipinski definition) is 4. The fraction of sp³-hybridized carbons (Fsp3) is 0.917. The molecule has 0 spiro atoms. The van der Waals surface area contributed by atoms with Crippen LogP contribution in [0.2, 0.25) is 0 Å². The Morgan fingerprint density at radius 2 is 0.643 bits per heavy atom. The molecule has 0 aromatic heterocycles. The highest BCUT2D eigenvalue weighted by Crippen LogP contribution is 2.39. The maximum atomic E-state index is 14.0. The molecule has 0 aliphatic rings. The molecule has 4 atom stereocenters. The summed E-state index contributed by atoms with van der Waals surface area (Å²) in [4.78, 5) is 55.1. The normalized spacial score (nSPS) is 13.8. The van der Waals surface area contributed by atoms with Crippen LogP contribution in [-0.4, -0.2) is 134 Å². The van der Waals surface area contributed by atoms with Gasteiger partial charge in [-0.1, -0.05) is 190 Å². The van der Waals surface area contributed by atoms with E-state index in [1.54, 1.807) is 0 Å². The second kappa shape index (κ2) is 44.8. The zero-order valence-corrected chi connectivity index (χ0v) is 49.4. The number of hydrogen-bond acceptors (Lipinski definition) is 12. The minimum Gasteiger partial charge on any atom is -0.342 e. The number of carbonyl (C=O) groups excluding carboxylic acids is 4. The van der Waals surface area contributed by atoms with Crippen LogP contribution in [0.4, 0.5) is 0 Å². The van der Waals surface area contributed by atoms with E-state index in [0.29, 0.717) is 34.4 Å². The van der Waals surface area contributed by atoms with Crippen molar-refractivity contribution in [3.63, 3.8) is 0 Å². The molecule has 22 heteroatoms. The van der Waals surface area contributed by atoms with E-state index in [0.717, 1.165) is 63.9 Å². The molecule has 0 heterocycles. The molecule has 0 aliphatic heterocycles. The molecule has 0 saturated heterocycles. The average Bonchev–Trinajstić information content (AvgIpc) is 3.29. The van der Waals surface area contributed by atoms with Gasteiger partial charge in [0, 0.05) is 75.1 Å². The van der Waals surface area contributed by atoms with Gasteiger partial charge in [-0.15, -0.1) is 46.4 Å². The van der Waals surface area contributed by atoms with Crippen molar-refractivity contribution in [3.8, 4) is 0 Å². The zero-order chi connectivity index (χ0) is 52.5. The fourth-order valence-corrected chi connectivity index (χ4v) is 16.6. The second-order valence-corrected chi connectivity index (χ2v) is 27.3. The molecular formula is C48H92Cl4N6O8S4. The first kappa shape index (κ1) is 69.6. The summed E-state index contributed by atoms with van der Waals surface area (Å²) >= 11 is 23.9. The zero-order valence-electron chi connectivity index (χ0n) is 43.1. The lowest BCUT2D eigenvalue weighted by molar-refractivity contribution is -0.131. The minimum atomic E-state index is -4.26. The first-order chi connectivity index (χ1) is 33.5. The molecule has 4 unspecified atom stereocenters. The number of halogens is 4. The third kappa shape index (κ3) is 36.5. The fourth-order valence-electron chi connectivity index (χ4n) is 7.78. The highest BCUT2D eigenvalue weighted by atomic mass is 35.5. The third-order valence-corrected chi connectivity index (χ3v) is 20.7. The molecule has 0 saturated carbocycles.